The Kier molecular flexibility index (Phi) is 6.90. The van der Waals surface area contributed by atoms with Gasteiger partial charge in [0.05, 0.1) is 0 Å². The fraction of sp³-hybridized carbons (Fsp3) is 0.185. The van der Waals surface area contributed by atoms with Crippen molar-refractivity contribution in [3.05, 3.63) is 119 Å². The molecule has 2 amide bonds. The van der Waals surface area contributed by atoms with E-state index in [9.17, 15) is 14.0 Å². The second-order valence-electron chi connectivity index (χ2n) is 7.90. The van der Waals surface area contributed by atoms with E-state index in [4.69, 9.17) is 16.3 Å². The third kappa shape index (κ3) is 4.69. The lowest BCUT2D eigenvalue weighted by Gasteiger charge is -2.27. The van der Waals surface area contributed by atoms with Crippen LogP contribution in [0.4, 0.5) is 9.18 Å². The summed E-state index contributed by atoms with van der Waals surface area (Å²) >= 11 is 6.21. The number of benzene rings is 3. The monoisotopic (exact) mass is 463 g/mol. The van der Waals surface area contributed by atoms with Crippen LogP contribution in [0, 0.1) is 11.7 Å². The van der Waals surface area contributed by atoms with Crippen LogP contribution in [0.1, 0.15) is 35.3 Å². The lowest BCUT2D eigenvalue weighted by atomic mass is 9.91. The van der Waals surface area contributed by atoms with Crippen LogP contribution in [0.15, 0.2) is 91.5 Å². The lowest BCUT2D eigenvalue weighted by molar-refractivity contribution is -0.133. The molecule has 0 aliphatic carbocycles. The van der Waals surface area contributed by atoms with Crippen molar-refractivity contribution >= 4 is 23.6 Å². The topological polar surface area (TPSA) is 46.6 Å². The summed E-state index contributed by atoms with van der Waals surface area (Å²) in [6.07, 6.45) is 0.496. The highest BCUT2D eigenvalue weighted by atomic mass is 35.5. The van der Waals surface area contributed by atoms with Crippen molar-refractivity contribution < 1.29 is 18.7 Å². The molecule has 3 aromatic rings. The highest BCUT2D eigenvalue weighted by Crippen LogP contribution is 2.44. The number of hydrogen-bond donors (Lipinski definition) is 0. The summed E-state index contributed by atoms with van der Waals surface area (Å²) in [5.41, 5.74) is 1.79. The number of imide groups is 1. The maximum Gasteiger partial charge on any atom is 0.417 e. The number of rotatable bonds is 7. The predicted molar refractivity (Wildman–Crippen MR) is 125 cm³/mol. The van der Waals surface area contributed by atoms with Crippen LogP contribution in [-0.2, 0) is 16.0 Å². The third-order valence-electron chi connectivity index (χ3n) is 5.81. The summed E-state index contributed by atoms with van der Waals surface area (Å²) in [5, 5.41) is 0.239. The Morgan fingerprint density at radius 3 is 2.27 bits per heavy atom. The molecular formula is C27H23ClFNO3. The van der Waals surface area contributed by atoms with Gasteiger partial charge in [-0.2, -0.15) is 0 Å². The molecule has 1 aliphatic rings. The highest BCUT2D eigenvalue weighted by Gasteiger charge is 2.48. The minimum atomic E-state index is -0.731. The summed E-state index contributed by atoms with van der Waals surface area (Å²) in [7, 11) is 0. The van der Waals surface area contributed by atoms with Crippen molar-refractivity contribution in [1.82, 2.24) is 4.90 Å². The highest BCUT2D eigenvalue weighted by molar-refractivity contribution is 6.31. The van der Waals surface area contributed by atoms with E-state index in [-0.39, 0.29) is 23.4 Å². The number of hydrogen-bond acceptors (Lipinski definition) is 3. The van der Waals surface area contributed by atoms with Gasteiger partial charge in [0.1, 0.15) is 11.9 Å². The second kappa shape index (κ2) is 10.0. The van der Waals surface area contributed by atoms with Gasteiger partial charge in [0.2, 0.25) is 5.91 Å². The van der Waals surface area contributed by atoms with Gasteiger partial charge in [0.15, 0.2) is 6.10 Å². The van der Waals surface area contributed by atoms with E-state index < -0.39 is 35.9 Å². The molecule has 1 heterocycles. The van der Waals surface area contributed by atoms with E-state index in [1.807, 2.05) is 60.7 Å². The first kappa shape index (κ1) is 22.7. The molecule has 4 rings (SSSR count). The number of allylic oxidation sites excluding steroid dienone is 1. The Hall–Kier alpha value is -3.44. The van der Waals surface area contributed by atoms with E-state index >= 15 is 0 Å². The first-order valence-corrected chi connectivity index (χ1v) is 11.1. The summed E-state index contributed by atoms with van der Waals surface area (Å²) in [6.45, 7) is 3.74. The normalized spacial score (nSPS) is 18.6. The quantitative estimate of drug-likeness (QED) is 0.367. The number of amides is 2. The fourth-order valence-electron chi connectivity index (χ4n) is 4.22. The van der Waals surface area contributed by atoms with Crippen molar-refractivity contribution in [2.24, 2.45) is 5.92 Å². The number of carbonyl (C=O) groups is 2. The van der Waals surface area contributed by atoms with Gasteiger partial charge in [-0.15, -0.1) is 6.58 Å². The number of nitrogens with zero attached hydrogens (tertiary/aromatic N) is 1. The molecule has 1 fully saturated rings. The molecule has 0 bridgehead atoms. The molecule has 0 unspecified atom stereocenters. The molecule has 0 aromatic heterocycles. The zero-order valence-corrected chi connectivity index (χ0v) is 18.6. The number of cyclic esters (lactones) is 1. The average molecular weight is 464 g/mol. The van der Waals surface area contributed by atoms with Crippen LogP contribution in [0.25, 0.3) is 0 Å². The lowest BCUT2D eigenvalue weighted by Crippen LogP contribution is -2.39. The molecule has 1 saturated heterocycles. The second-order valence-corrected chi connectivity index (χ2v) is 8.31. The number of halogens is 2. The largest absolute Gasteiger partial charge is 0.438 e. The van der Waals surface area contributed by atoms with E-state index in [1.165, 1.54) is 12.1 Å². The number of carbonyl (C=O) groups excluding carboxylic acids is 2. The van der Waals surface area contributed by atoms with Crippen molar-refractivity contribution in [3.63, 3.8) is 0 Å². The first-order valence-electron chi connectivity index (χ1n) is 10.7. The van der Waals surface area contributed by atoms with Crippen LogP contribution in [0.3, 0.4) is 0 Å². The van der Waals surface area contributed by atoms with Crippen LogP contribution in [0.5, 0.6) is 0 Å². The molecule has 168 valence electrons. The fourth-order valence-corrected chi connectivity index (χ4v) is 4.46. The maximum absolute atomic E-state index is 14.5. The Labute approximate surface area is 197 Å². The minimum absolute atomic E-state index is 0.0393. The first-order chi connectivity index (χ1) is 16.0. The Morgan fingerprint density at radius 1 is 1.03 bits per heavy atom. The van der Waals surface area contributed by atoms with Crippen molar-refractivity contribution in [1.29, 1.82) is 0 Å². The summed E-state index contributed by atoms with van der Waals surface area (Å²) in [5.74, 6) is -1.67. The predicted octanol–water partition coefficient (Wildman–Crippen LogP) is 6.68. The molecule has 6 heteroatoms. The summed E-state index contributed by atoms with van der Waals surface area (Å²) < 4.78 is 20.2. The Balaban J connectivity index is 1.73. The third-order valence-corrected chi connectivity index (χ3v) is 6.16. The summed E-state index contributed by atoms with van der Waals surface area (Å²) in [6, 6.07) is 22.3. The van der Waals surface area contributed by atoms with Gasteiger partial charge in [0, 0.05) is 16.5 Å². The van der Waals surface area contributed by atoms with E-state index in [0.717, 1.165) is 16.0 Å². The smallest absolute Gasteiger partial charge is 0.417 e. The van der Waals surface area contributed by atoms with Crippen LogP contribution in [-0.4, -0.2) is 16.9 Å². The van der Waals surface area contributed by atoms with Gasteiger partial charge >= 0.3 is 6.09 Å². The van der Waals surface area contributed by atoms with Gasteiger partial charge in [-0.1, -0.05) is 84.4 Å². The molecule has 4 nitrogen and oxygen atoms in total. The standard InChI is InChI=1S/C27H23ClFNO3/c1-2-10-20(17-21-22(28)15-9-16-23(21)29)26(31)30-24(18-11-5-3-6-12-18)25(33-27(30)32)19-13-7-4-8-14-19/h2-9,11-16,20,24-25H,1,10,17H2/t20-,24+,25-/m0/s1. The Morgan fingerprint density at radius 2 is 1.67 bits per heavy atom. The zero-order chi connectivity index (χ0) is 23.4. The van der Waals surface area contributed by atoms with Gasteiger partial charge in [-0.3, -0.25) is 4.79 Å². The molecular weight excluding hydrogens is 441 g/mol. The van der Waals surface area contributed by atoms with E-state index in [1.54, 1.807) is 12.1 Å². The van der Waals surface area contributed by atoms with Crippen molar-refractivity contribution in [3.8, 4) is 0 Å². The van der Waals surface area contributed by atoms with Gasteiger partial charge in [-0.05, 0) is 36.1 Å². The van der Waals surface area contributed by atoms with Crippen LogP contribution in [0.2, 0.25) is 5.02 Å². The molecule has 0 N–H and O–H groups in total. The minimum Gasteiger partial charge on any atom is -0.438 e. The summed E-state index contributed by atoms with van der Waals surface area (Å²) in [4.78, 5) is 27.9. The molecule has 1 aliphatic heterocycles. The van der Waals surface area contributed by atoms with Gasteiger partial charge in [0.25, 0.3) is 0 Å². The SMILES string of the molecule is C=CC[C@@H](Cc1c(F)cccc1Cl)C(=O)N1C(=O)O[C@@H](c2ccccc2)[C@H]1c1ccccc1. The van der Waals surface area contributed by atoms with Gasteiger partial charge < -0.3 is 4.74 Å². The molecule has 33 heavy (non-hydrogen) atoms. The van der Waals surface area contributed by atoms with Crippen LogP contribution < -0.4 is 0 Å². The average Bonchev–Trinajstić information content (AvgIpc) is 3.18. The molecule has 0 radical (unpaired) electrons. The molecule has 0 spiro atoms. The maximum atomic E-state index is 14.5. The van der Waals surface area contributed by atoms with Crippen molar-refractivity contribution in [2.75, 3.05) is 0 Å². The van der Waals surface area contributed by atoms with Crippen molar-refractivity contribution in [2.45, 2.75) is 25.0 Å². The zero-order valence-electron chi connectivity index (χ0n) is 17.9. The number of ether oxygens (including phenoxy) is 1. The van der Waals surface area contributed by atoms with E-state index in [2.05, 4.69) is 6.58 Å². The molecule has 3 aromatic carbocycles. The molecule has 0 saturated carbocycles. The Bertz CT molecular complexity index is 1130. The van der Waals surface area contributed by atoms with Gasteiger partial charge in [-0.25, -0.2) is 14.1 Å². The van der Waals surface area contributed by atoms with E-state index in [0.29, 0.717) is 0 Å². The van der Waals surface area contributed by atoms with Crippen LogP contribution >= 0.6 is 11.6 Å². The molecule has 3 atom stereocenters.